The van der Waals surface area contributed by atoms with Gasteiger partial charge in [-0.05, 0) is 30.3 Å². The molecule has 0 aliphatic heterocycles. The number of hydrogen-bond acceptors (Lipinski definition) is 4. The molecule has 19 heavy (non-hydrogen) atoms. The van der Waals surface area contributed by atoms with Gasteiger partial charge in [-0.2, -0.15) is 0 Å². The highest BCUT2D eigenvalue weighted by molar-refractivity contribution is 6.35. The van der Waals surface area contributed by atoms with Crippen molar-refractivity contribution in [3.05, 3.63) is 41.4 Å². The zero-order chi connectivity index (χ0) is 13.4. The molecule has 2 N–H and O–H groups in total. The first-order chi connectivity index (χ1) is 9.17. The highest BCUT2D eigenvalue weighted by Gasteiger charge is 2.12. The van der Waals surface area contributed by atoms with Crippen LogP contribution in [0.4, 0.5) is 5.69 Å². The van der Waals surface area contributed by atoms with E-state index in [0.717, 1.165) is 11.3 Å². The predicted octanol–water partition coefficient (Wildman–Crippen LogP) is 3.74. The Balaban J connectivity index is 2.17. The number of benzene rings is 2. The summed E-state index contributed by atoms with van der Waals surface area (Å²) in [7, 11) is 1.61. The number of rotatable bonds is 2. The lowest BCUT2D eigenvalue weighted by molar-refractivity contribution is 0.415. The van der Waals surface area contributed by atoms with Crippen LogP contribution >= 0.6 is 11.6 Å². The number of halogens is 1. The Hall–Kier alpha value is -2.20. The standard InChI is InChI=1S/C14H11ClN2O2/c1-18-10-4-2-3-8(5-10)14-17-12-7-9(16)6-11(15)13(12)19-14/h2-7H,16H2,1H3. The van der Waals surface area contributed by atoms with E-state index in [1.54, 1.807) is 19.2 Å². The molecule has 0 fully saturated rings. The van der Waals surface area contributed by atoms with Gasteiger partial charge in [0.25, 0.3) is 0 Å². The van der Waals surface area contributed by atoms with Gasteiger partial charge in [-0.3, -0.25) is 0 Å². The van der Waals surface area contributed by atoms with E-state index < -0.39 is 0 Å². The van der Waals surface area contributed by atoms with Crippen molar-refractivity contribution in [2.75, 3.05) is 12.8 Å². The van der Waals surface area contributed by atoms with E-state index in [0.29, 0.717) is 27.7 Å². The number of hydrogen-bond donors (Lipinski definition) is 1. The van der Waals surface area contributed by atoms with Crippen LogP contribution in [0.15, 0.2) is 40.8 Å². The first kappa shape index (κ1) is 11.9. The second-order valence-corrected chi connectivity index (χ2v) is 4.51. The maximum atomic E-state index is 6.08. The molecular weight excluding hydrogens is 264 g/mol. The molecule has 0 unspecified atom stereocenters. The fraction of sp³-hybridized carbons (Fsp3) is 0.0714. The number of nitrogens with two attached hydrogens (primary N) is 1. The molecule has 0 radical (unpaired) electrons. The van der Waals surface area contributed by atoms with Crippen LogP contribution < -0.4 is 10.5 Å². The molecule has 2 aromatic carbocycles. The molecule has 3 aromatic rings. The number of methoxy groups -OCH3 is 1. The number of ether oxygens (including phenoxy) is 1. The summed E-state index contributed by atoms with van der Waals surface area (Å²) in [5.74, 6) is 1.23. The van der Waals surface area contributed by atoms with Crippen molar-refractivity contribution in [1.29, 1.82) is 0 Å². The fourth-order valence-corrected chi connectivity index (χ4v) is 2.15. The van der Waals surface area contributed by atoms with Crippen molar-refractivity contribution in [2.24, 2.45) is 0 Å². The Morgan fingerprint density at radius 1 is 1.26 bits per heavy atom. The molecular formula is C14H11ClN2O2. The lowest BCUT2D eigenvalue weighted by Gasteiger charge is -2.00. The van der Waals surface area contributed by atoms with E-state index in [1.165, 1.54) is 0 Å². The Kier molecular flexibility index (Phi) is 2.80. The monoisotopic (exact) mass is 274 g/mol. The van der Waals surface area contributed by atoms with Crippen LogP contribution in [0.1, 0.15) is 0 Å². The number of anilines is 1. The molecule has 0 bridgehead atoms. The molecule has 0 aliphatic carbocycles. The van der Waals surface area contributed by atoms with Gasteiger partial charge in [0.1, 0.15) is 11.3 Å². The lowest BCUT2D eigenvalue weighted by atomic mass is 10.2. The summed E-state index contributed by atoms with van der Waals surface area (Å²) in [6.45, 7) is 0. The van der Waals surface area contributed by atoms with Gasteiger partial charge in [-0.25, -0.2) is 4.98 Å². The molecule has 0 amide bonds. The Morgan fingerprint density at radius 3 is 2.89 bits per heavy atom. The van der Waals surface area contributed by atoms with Gasteiger partial charge >= 0.3 is 0 Å². The average molecular weight is 275 g/mol. The number of nitrogen functional groups attached to an aromatic ring is 1. The van der Waals surface area contributed by atoms with E-state index in [4.69, 9.17) is 26.5 Å². The third-order valence-electron chi connectivity index (χ3n) is 2.78. The van der Waals surface area contributed by atoms with Crippen molar-refractivity contribution in [3.8, 4) is 17.2 Å². The molecule has 0 saturated carbocycles. The molecule has 96 valence electrons. The van der Waals surface area contributed by atoms with E-state index in [1.807, 2.05) is 24.3 Å². The van der Waals surface area contributed by atoms with Gasteiger partial charge in [-0.1, -0.05) is 17.7 Å². The van der Waals surface area contributed by atoms with Crippen LogP contribution in [-0.4, -0.2) is 12.1 Å². The first-order valence-electron chi connectivity index (χ1n) is 5.67. The molecule has 0 atom stereocenters. The predicted molar refractivity (Wildman–Crippen MR) is 75.4 cm³/mol. The summed E-state index contributed by atoms with van der Waals surface area (Å²) >= 11 is 6.08. The molecule has 5 heteroatoms. The SMILES string of the molecule is COc1cccc(-c2nc3cc(N)cc(Cl)c3o2)c1. The van der Waals surface area contributed by atoms with Gasteiger partial charge in [0.2, 0.25) is 5.89 Å². The van der Waals surface area contributed by atoms with Gasteiger partial charge < -0.3 is 14.9 Å². The average Bonchev–Trinajstić information content (AvgIpc) is 2.83. The molecule has 0 aliphatic rings. The van der Waals surface area contributed by atoms with Crippen LogP contribution in [0.25, 0.3) is 22.6 Å². The van der Waals surface area contributed by atoms with Gasteiger partial charge in [0, 0.05) is 11.3 Å². The largest absolute Gasteiger partial charge is 0.497 e. The van der Waals surface area contributed by atoms with Crippen molar-refractivity contribution in [2.45, 2.75) is 0 Å². The summed E-state index contributed by atoms with van der Waals surface area (Å²) < 4.78 is 10.9. The van der Waals surface area contributed by atoms with Crippen LogP contribution in [0.5, 0.6) is 5.75 Å². The minimum absolute atomic E-state index is 0.455. The molecule has 0 saturated heterocycles. The number of oxazole rings is 1. The minimum Gasteiger partial charge on any atom is -0.497 e. The second kappa shape index (κ2) is 4.48. The Bertz CT molecular complexity index is 752. The van der Waals surface area contributed by atoms with Crippen LogP contribution in [0, 0.1) is 0 Å². The third-order valence-corrected chi connectivity index (χ3v) is 3.06. The van der Waals surface area contributed by atoms with Gasteiger partial charge in [0.15, 0.2) is 5.58 Å². The first-order valence-corrected chi connectivity index (χ1v) is 6.05. The van der Waals surface area contributed by atoms with Crippen LogP contribution in [0.2, 0.25) is 5.02 Å². The van der Waals surface area contributed by atoms with Gasteiger partial charge in [-0.15, -0.1) is 0 Å². The third kappa shape index (κ3) is 2.11. The zero-order valence-corrected chi connectivity index (χ0v) is 10.9. The summed E-state index contributed by atoms with van der Waals surface area (Å²) in [5.41, 5.74) is 8.29. The van der Waals surface area contributed by atoms with E-state index in [9.17, 15) is 0 Å². The van der Waals surface area contributed by atoms with E-state index in [-0.39, 0.29) is 0 Å². The smallest absolute Gasteiger partial charge is 0.227 e. The lowest BCUT2D eigenvalue weighted by Crippen LogP contribution is -1.84. The Labute approximate surface area is 114 Å². The van der Waals surface area contributed by atoms with Crippen molar-refractivity contribution < 1.29 is 9.15 Å². The van der Waals surface area contributed by atoms with E-state index in [2.05, 4.69) is 4.98 Å². The quantitative estimate of drug-likeness (QED) is 0.723. The highest BCUT2D eigenvalue weighted by atomic mass is 35.5. The van der Waals surface area contributed by atoms with Gasteiger partial charge in [0.05, 0.1) is 12.1 Å². The molecule has 1 aromatic heterocycles. The minimum atomic E-state index is 0.455. The van der Waals surface area contributed by atoms with E-state index >= 15 is 0 Å². The summed E-state index contributed by atoms with van der Waals surface area (Å²) in [6, 6.07) is 10.8. The summed E-state index contributed by atoms with van der Waals surface area (Å²) in [6.07, 6.45) is 0. The summed E-state index contributed by atoms with van der Waals surface area (Å²) in [4.78, 5) is 4.39. The molecule has 4 nitrogen and oxygen atoms in total. The second-order valence-electron chi connectivity index (χ2n) is 4.10. The van der Waals surface area contributed by atoms with Crippen molar-refractivity contribution in [3.63, 3.8) is 0 Å². The Morgan fingerprint density at radius 2 is 2.11 bits per heavy atom. The van der Waals surface area contributed by atoms with Crippen LogP contribution in [0.3, 0.4) is 0 Å². The maximum absolute atomic E-state index is 6.08. The highest BCUT2D eigenvalue weighted by Crippen LogP contribution is 2.32. The van der Waals surface area contributed by atoms with Crippen LogP contribution in [-0.2, 0) is 0 Å². The van der Waals surface area contributed by atoms with Crippen molar-refractivity contribution in [1.82, 2.24) is 4.98 Å². The maximum Gasteiger partial charge on any atom is 0.227 e. The fourth-order valence-electron chi connectivity index (χ4n) is 1.89. The van der Waals surface area contributed by atoms with Crippen molar-refractivity contribution >= 4 is 28.4 Å². The molecule has 0 spiro atoms. The topological polar surface area (TPSA) is 61.3 Å². The number of aromatic nitrogens is 1. The normalized spacial score (nSPS) is 10.8. The summed E-state index contributed by atoms with van der Waals surface area (Å²) in [5, 5.41) is 0.455. The zero-order valence-electron chi connectivity index (χ0n) is 10.2. The molecule has 3 rings (SSSR count). The number of nitrogens with zero attached hydrogens (tertiary/aromatic N) is 1. The number of fused-ring (bicyclic) bond motifs is 1. The molecule has 1 heterocycles.